The number of amides is 2. The van der Waals surface area contributed by atoms with Gasteiger partial charge < -0.3 is 15.5 Å². The highest BCUT2D eigenvalue weighted by molar-refractivity contribution is 7.99. The molecule has 1 aromatic carbocycles. The SMILES string of the molecule is O=C(NCC1CN[C@H](C(=O)N2CCSC2)C1)c1cccc(C(F)(F)F)c1. The van der Waals surface area contributed by atoms with Crippen molar-refractivity contribution in [1.29, 1.82) is 0 Å². The van der Waals surface area contributed by atoms with Crippen molar-refractivity contribution in [1.82, 2.24) is 15.5 Å². The van der Waals surface area contributed by atoms with Crippen LogP contribution >= 0.6 is 11.8 Å². The van der Waals surface area contributed by atoms with Crippen LogP contribution in [0, 0.1) is 5.92 Å². The van der Waals surface area contributed by atoms with Gasteiger partial charge in [0.25, 0.3) is 5.91 Å². The summed E-state index contributed by atoms with van der Waals surface area (Å²) in [6, 6.07) is 4.11. The van der Waals surface area contributed by atoms with Gasteiger partial charge in [0.2, 0.25) is 5.91 Å². The average Bonchev–Trinajstić information content (AvgIpc) is 3.30. The van der Waals surface area contributed by atoms with Crippen LogP contribution in [-0.2, 0) is 11.0 Å². The summed E-state index contributed by atoms with van der Waals surface area (Å²) in [4.78, 5) is 26.3. The molecule has 2 amide bonds. The third kappa shape index (κ3) is 4.50. The number of alkyl halides is 3. The minimum atomic E-state index is -4.48. The number of nitrogens with one attached hydrogen (secondary N) is 2. The van der Waals surface area contributed by atoms with E-state index in [1.807, 2.05) is 4.90 Å². The summed E-state index contributed by atoms with van der Waals surface area (Å²) in [7, 11) is 0. The molecule has 3 rings (SSSR count). The van der Waals surface area contributed by atoms with Crippen LogP contribution in [0.2, 0.25) is 0 Å². The first-order valence-electron chi connectivity index (χ1n) is 8.40. The molecule has 0 radical (unpaired) electrons. The van der Waals surface area contributed by atoms with Gasteiger partial charge >= 0.3 is 6.18 Å². The lowest BCUT2D eigenvalue weighted by molar-refractivity contribution is -0.137. The summed E-state index contributed by atoms with van der Waals surface area (Å²) in [6.45, 7) is 1.68. The Hall–Kier alpha value is -1.74. The molecule has 9 heteroatoms. The predicted molar refractivity (Wildman–Crippen MR) is 92.7 cm³/mol. The van der Waals surface area contributed by atoms with Gasteiger partial charge in [0, 0.05) is 31.0 Å². The van der Waals surface area contributed by atoms with Crippen molar-refractivity contribution >= 4 is 23.6 Å². The number of thioether (sulfide) groups is 1. The number of benzene rings is 1. The molecule has 0 aromatic heterocycles. The molecule has 2 heterocycles. The zero-order chi connectivity index (χ0) is 18.7. The molecule has 26 heavy (non-hydrogen) atoms. The van der Waals surface area contributed by atoms with Crippen LogP contribution in [0.3, 0.4) is 0 Å². The Labute approximate surface area is 153 Å². The van der Waals surface area contributed by atoms with E-state index in [0.29, 0.717) is 25.4 Å². The Kier molecular flexibility index (Phi) is 5.76. The van der Waals surface area contributed by atoms with Gasteiger partial charge in [-0.05, 0) is 30.5 Å². The molecular weight excluding hydrogens is 367 g/mol. The van der Waals surface area contributed by atoms with Crippen molar-refractivity contribution in [3.05, 3.63) is 35.4 Å². The number of carbonyl (C=O) groups is 2. The van der Waals surface area contributed by atoms with Gasteiger partial charge in [0.15, 0.2) is 0 Å². The minimum Gasteiger partial charge on any atom is -0.352 e. The van der Waals surface area contributed by atoms with Gasteiger partial charge in [0.05, 0.1) is 17.5 Å². The molecule has 142 valence electrons. The zero-order valence-corrected chi connectivity index (χ0v) is 14.8. The summed E-state index contributed by atoms with van der Waals surface area (Å²) in [5.41, 5.74) is -0.866. The highest BCUT2D eigenvalue weighted by Gasteiger charge is 2.34. The van der Waals surface area contributed by atoms with Crippen LogP contribution in [-0.4, -0.2) is 54.0 Å². The molecule has 1 unspecified atom stereocenters. The van der Waals surface area contributed by atoms with Crippen molar-refractivity contribution in [2.24, 2.45) is 5.92 Å². The number of hydrogen-bond donors (Lipinski definition) is 2. The molecule has 2 aliphatic heterocycles. The van der Waals surface area contributed by atoms with E-state index in [9.17, 15) is 22.8 Å². The molecule has 2 saturated heterocycles. The summed E-state index contributed by atoms with van der Waals surface area (Å²) >= 11 is 1.72. The second kappa shape index (κ2) is 7.87. The van der Waals surface area contributed by atoms with Crippen molar-refractivity contribution in [2.75, 3.05) is 31.3 Å². The standard InChI is InChI=1S/C17H20F3N3O2S/c18-17(19,20)13-3-1-2-12(7-13)15(24)22-9-11-6-14(21-8-11)16(25)23-4-5-26-10-23/h1-3,7,11,14,21H,4-6,8-10H2,(H,22,24)/t11?,14-/m0/s1. The summed E-state index contributed by atoms with van der Waals surface area (Å²) in [6.07, 6.45) is -3.87. The van der Waals surface area contributed by atoms with E-state index in [4.69, 9.17) is 0 Å². The van der Waals surface area contributed by atoms with Crippen LogP contribution in [0.1, 0.15) is 22.3 Å². The molecular formula is C17H20F3N3O2S. The van der Waals surface area contributed by atoms with Gasteiger partial charge in [-0.25, -0.2) is 0 Å². The number of nitrogens with zero attached hydrogens (tertiary/aromatic N) is 1. The fourth-order valence-electron chi connectivity index (χ4n) is 3.14. The van der Waals surface area contributed by atoms with Crippen LogP contribution in [0.4, 0.5) is 13.2 Å². The Bertz CT molecular complexity index is 677. The van der Waals surface area contributed by atoms with Crippen molar-refractivity contribution in [3.8, 4) is 0 Å². The first-order valence-corrected chi connectivity index (χ1v) is 9.55. The maximum Gasteiger partial charge on any atom is 0.416 e. The monoisotopic (exact) mass is 387 g/mol. The number of hydrogen-bond acceptors (Lipinski definition) is 4. The van der Waals surface area contributed by atoms with Gasteiger partial charge in [-0.1, -0.05) is 6.07 Å². The van der Waals surface area contributed by atoms with Crippen molar-refractivity contribution < 1.29 is 22.8 Å². The lowest BCUT2D eigenvalue weighted by Gasteiger charge is -2.19. The van der Waals surface area contributed by atoms with Crippen LogP contribution in [0.25, 0.3) is 0 Å². The highest BCUT2D eigenvalue weighted by Crippen LogP contribution is 2.29. The topological polar surface area (TPSA) is 61.4 Å². The van der Waals surface area contributed by atoms with E-state index < -0.39 is 17.6 Å². The first-order chi connectivity index (χ1) is 12.3. The first kappa shape index (κ1) is 19.0. The molecule has 5 nitrogen and oxygen atoms in total. The summed E-state index contributed by atoms with van der Waals surface area (Å²) < 4.78 is 38.2. The lowest BCUT2D eigenvalue weighted by Crippen LogP contribution is -2.42. The van der Waals surface area contributed by atoms with E-state index in [1.165, 1.54) is 12.1 Å². The van der Waals surface area contributed by atoms with Gasteiger partial charge in [-0.2, -0.15) is 13.2 Å². The molecule has 2 aliphatic rings. The number of halogens is 3. The molecule has 0 bridgehead atoms. The van der Waals surface area contributed by atoms with Gasteiger partial charge in [-0.15, -0.1) is 11.8 Å². The third-order valence-electron chi connectivity index (χ3n) is 4.59. The second-order valence-corrected chi connectivity index (χ2v) is 7.56. The normalized spacial score (nSPS) is 23.3. The zero-order valence-electron chi connectivity index (χ0n) is 14.0. The minimum absolute atomic E-state index is 0.0208. The van der Waals surface area contributed by atoms with Crippen molar-refractivity contribution in [2.45, 2.75) is 18.6 Å². The highest BCUT2D eigenvalue weighted by atomic mass is 32.2. The Morgan fingerprint density at radius 1 is 1.35 bits per heavy atom. The fraction of sp³-hybridized carbons (Fsp3) is 0.529. The van der Waals surface area contributed by atoms with E-state index in [-0.39, 0.29) is 23.4 Å². The third-order valence-corrected chi connectivity index (χ3v) is 5.55. The number of carbonyl (C=O) groups excluding carboxylic acids is 2. The summed E-state index contributed by atoms with van der Waals surface area (Å²) in [5, 5.41) is 5.85. The lowest BCUT2D eigenvalue weighted by atomic mass is 10.0. The number of rotatable bonds is 4. The van der Waals surface area contributed by atoms with Crippen LogP contribution in [0.15, 0.2) is 24.3 Å². The Morgan fingerprint density at radius 3 is 2.85 bits per heavy atom. The largest absolute Gasteiger partial charge is 0.416 e. The smallest absolute Gasteiger partial charge is 0.352 e. The molecule has 0 aliphatic carbocycles. The van der Waals surface area contributed by atoms with E-state index in [2.05, 4.69) is 10.6 Å². The second-order valence-electron chi connectivity index (χ2n) is 6.49. The van der Waals surface area contributed by atoms with Crippen LogP contribution in [0.5, 0.6) is 0 Å². The fourth-order valence-corrected chi connectivity index (χ4v) is 4.09. The van der Waals surface area contributed by atoms with Crippen molar-refractivity contribution in [3.63, 3.8) is 0 Å². The maximum absolute atomic E-state index is 12.7. The molecule has 2 atom stereocenters. The average molecular weight is 387 g/mol. The van der Waals surface area contributed by atoms with E-state index in [0.717, 1.165) is 24.4 Å². The molecule has 0 spiro atoms. The molecule has 0 saturated carbocycles. The van der Waals surface area contributed by atoms with E-state index >= 15 is 0 Å². The van der Waals surface area contributed by atoms with E-state index in [1.54, 1.807) is 11.8 Å². The maximum atomic E-state index is 12.7. The molecule has 2 fully saturated rings. The molecule has 2 N–H and O–H groups in total. The Morgan fingerprint density at radius 2 is 2.15 bits per heavy atom. The van der Waals surface area contributed by atoms with Crippen LogP contribution < -0.4 is 10.6 Å². The van der Waals surface area contributed by atoms with Gasteiger partial charge in [-0.3, -0.25) is 9.59 Å². The van der Waals surface area contributed by atoms with Gasteiger partial charge in [0.1, 0.15) is 0 Å². The Balaban J connectivity index is 1.50. The molecule has 1 aromatic rings. The predicted octanol–water partition coefficient (Wildman–Crippen LogP) is 1.95. The quantitative estimate of drug-likeness (QED) is 0.829. The summed E-state index contributed by atoms with van der Waals surface area (Å²) in [5.74, 6) is 1.29.